The molecule has 0 amide bonds. The summed E-state index contributed by atoms with van der Waals surface area (Å²) in [7, 11) is 0. The van der Waals surface area contributed by atoms with Crippen LogP contribution in [0.3, 0.4) is 0 Å². The van der Waals surface area contributed by atoms with Crippen molar-refractivity contribution in [1.29, 1.82) is 0 Å². The van der Waals surface area contributed by atoms with Gasteiger partial charge in [0.1, 0.15) is 11.5 Å². The van der Waals surface area contributed by atoms with Crippen LogP contribution in [-0.2, 0) is 6.42 Å². The quantitative estimate of drug-likeness (QED) is 0.864. The van der Waals surface area contributed by atoms with Crippen molar-refractivity contribution >= 4 is 11.6 Å². The summed E-state index contributed by atoms with van der Waals surface area (Å²) in [5.74, 6) is 1.51. The monoisotopic (exact) mass is 289 g/mol. The average molecular weight is 290 g/mol. The Morgan fingerprint density at radius 3 is 2.60 bits per heavy atom. The predicted octanol–water partition coefficient (Wildman–Crippen LogP) is 4.72. The molecule has 0 saturated carbocycles. The molecule has 1 atom stereocenters. The van der Waals surface area contributed by atoms with Crippen molar-refractivity contribution in [2.24, 2.45) is 5.73 Å². The number of rotatable bonds is 5. The maximum absolute atomic E-state index is 6.13. The number of nitrogens with two attached hydrogens (primary N) is 1. The van der Waals surface area contributed by atoms with Gasteiger partial charge in [-0.05, 0) is 49.1 Å². The van der Waals surface area contributed by atoms with E-state index in [0.29, 0.717) is 10.8 Å². The van der Waals surface area contributed by atoms with E-state index in [4.69, 9.17) is 22.1 Å². The van der Waals surface area contributed by atoms with Crippen LogP contribution < -0.4 is 10.5 Å². The highest BCUT2D eigenvalue weighted by atomic mass is 35.5. The minimum Gasteiger partial charge on any atom is -0.456 e. The van der Waals surface area contributed by atoms with Crippen LogP contribution >= 0.6 is 11.6 Å². The molecule has 0 aliphatic heterocycles. The zero-order valence-corrected chi connectivity index (χ0v) is 12.7. The average Bonchev–Trinajstić information content (AvgIpc) is 2.44. The highest BCUT2D eigenvalue weighted by Crippen LogP contribution is 2.31. The van der Waals surface area contributed by atoms with Crippen molar-refractivity contribution in [3.05, 3.63) is 58.6 Å². The van der Waals surface area contributed by atoms with Gasteiger partial charge in [0.2, 0.25) is 0 Å². The number of benzene rings is 2. The van der Waals surface area contributed by atoms with E-state index in [1.807, 2.05) is 37.3 Å². The normalized spacial score (nSPS) is 12.2. The molecule has 0 bridgehead atoms. The second-order valence-corrected chi connectivity index (χ2v) is 5.41. The SMILES string of the molecule is CCC(N)Cc1ccc(C)c(Oc2ccccc2Cl)c1. The van der Waals surface area contributed by atoms with Crippen molar-refractivity contribution in [2.75, 3.05) is 0 Å². The number of halogens is 1. The Kier molecular flexibility index (Phi) is 5.05. The first-order chi connectivity index (χ1) is 9.60. The first-order valence-corrected chi connectivity index (χ1v) is 7.25. The molecular weight excluding hydrogens is 270 g/mol. The summed E-state index contributed by atoms with van der Waals surface area (Å²) in [4.78, 5) is 0. The van der Waals surface area contributed by atoms with E-state index in [9.17, 15) is 0 Å². The summed E-state index contributed by atoms with van der Waals surface area (Å²) < 4.78 is 5.92. The van der Waals surface area contributed by atoms with Gasteiger partial charge >= 0.3 is 0 Å². The smallest absolute Gasteiger partial charge is 0.146 e. The Hall–Kier alpha value is -1.51. The molecule has 3 heteroatoms. The summed E-state index contributed by atoms with van der Waals surface area (Å²) in [6.45, 7) is 4.12. The second-order valence-electron chi connectivity index (χ2n) is 5.00. The third-order valence-electron chi connectivity index (χ3n) is 3.33. The summed E-state index contributed by atoms with van der Waals surface area (Å²) in [5, 5.41) is 0.613. The fraction of sp³-hybridized carbons (Fsp3) is 0.294. The molecule has 0 radical (unpaired) electrons. The summed E-state index contributed by atoms with van der Waals surface area (Å²) in [5.41, 5.74) is 8.28. The molecular formula is C17H20ClNO. The Morgan fingerprint density at radius 2 is 1.90 bits per heavy atom. The van der Waals surface area contributed by atoms with Gasteiger partial charge in [0, 0.05) is 6.04 Å². The van der Waals surface area contributed by atoms with Gasteiger partial charge in [-0.15, -0.1) is 0 Å². The zero-order chi connectivity index (χ0) is 14.5. The molecule has 0 spiro atoms. The highest BCUT2D eigenvalue weighted by Gasteiger charge is 2.08. The molecule has 0 saturated heterocycles. The van der Waals surface area contributed by atoms with E-state index in [1.54, 1.807) is 0 Å². The summed E-state index contributed by atoms with van der Waals surface area (Å²) in [6, 6.07) is 13.9. The van der Waals surface area contributed by atoms with Crippen LogP contribution in [0.5, 0.6) is 11.5 Å². The van der Waals surface area contributed by atoms with Crippen molar-refractivity contribution in [2.45, 2.75) is 32.7 Å². The molecule has 1 unspecified atom stereocenters. The van der Waals surface area contributed by atoms with Gasteiger partial charge in [-0.1, -0.05) is 42.8 Å². The molecule has 0 heterocycles. The lowest BCUT2D eigenvalue weighted by atomic mass is 10.0. The van der Waals surface area contributed by atoms with Crippen molar-refractivity contribution in [3.63, 3.8) is 0 Å². The van der Waals surface area contributed by atoms with Crippen LogP contribution in [0.2, 0.25) is 5.02 Å². The zero-order valence-electron chi connectivity index (χ0n) is 11.9. The van der Waals surface area contributed by atoms with E-state index in [2.05, 4.69) is 19.1 Å². The van der Waals surface area contributed by atoms with Crippen LogP contribution in [0.1, 0.15) is 24.5 Å². The minimum atomic E-state index is 0.186. The Morgan fingerprint density at radius 1 is 1.15 bits per heavy atom. The van der Waals surface area contributed by atoms with Crippen LogP contribution in [0, 0.1) is 6.92 Å². The highest BCUT2D eigenvalue weighted by molar-refractivity contribution is 6.32. The van der Waals surface area contributed by atoms with Crippen molar-refractivity contribution in [1.82, 2.24) is 0 Å². The van der Waals surface area contributed by atoms with Crippen LogP contribution in [0.15, 0.2) is 42.5 Å². The largest absolute Gasteiger partial charge is 0.456 e. The maximum Gasteiger partial charge on any atom is 0.146 e. The number of para-hydroxylation sites is 1. The topological polar surface area (TPSA) is 35.2 Å². The van der Waals surface area contributed by atoms with Gasteiger partial charge in [0.25, 0.3) is 0 Å². The molecule has 0 aliphatic carbocycles. The molecule has 2 rings (SSSR count). The number of aryl methyl sites for hydroxylation is 1. The standard InChI is InChI=1S/C17H20ClNO/c1-3-14(19)10-13-9-8-12(2)17(11-13)20-16-7-5-4-6-15(16)18/h4-9,11,14H,3,10,19H2,1-2H3. The fourth-order valence-electron chi connectivity index (χ4n) is 1.97. The second kappa shape index (κ2) is 6.78. The van der Waals surface area contributed by atoms with Crippen LogP contribution in [0.25, 0.3) is 0 Å². The summed E-state index contributed by atoms with van der Waals surface area (Å²) in [6.07, 6.45) is 1.82. The van der Waals surface area contributed by atoms with E-state index < -0.39 is 0 Å². The molecule has 0 aliphatic rings. The third-order valence-corrected chi connectivity index (χ3v) is 3.64. The van der Waals surface area contributed by atoms with Gasteiger partial charge < -0.3 is 10.5 Å². The fourth-order valence-corrected chi connectivity index (χ4v) is 2.15. The number of hydrogen-bond acceptors (Lipinski definition) is 2. The maximum atomic E-state index is 6.13. The lowest BCUT2D eigenvalue weighted by molar-refractivity contribution is 0.478. The molecule has 2 aromatic rings. The number of hydrogen-bond donors (Lipinski definition) is 1. The van der Waals surface area contributed by atoms with E-state index in [0.717, 1.165) is 24.2 Å². The summed E-state index contributed by atoms with van der Waals surface area (Å²) >= 11 is 6.13. The molecule has 0 aromatic heterocycles. The van der Waals surface area contributed by atoms with E-state index in [1.165, 1.54) is 5.56 Å². The Bertz CT molecular complexity index is 583. The Balaban J connectivity index is 2.23. The first kappa shape index (κ1) is 14.9. The van der Waals surface area contributed by atoms with Crippen molar-refractivity contribution < 1.29 is 4.74 Å². The molecule has 2 N–H and O–H groups in total. The predicted molar refractivity (Wildman–Crippen MR) is 84.7 cm³/mol. The molecule has 2 aromatic carbocycles. The van der Waals surface area contributed by atoms with Gasteiger partial charge in [0.15, 0.2) is 0 Å². The molecule has 106 valence electrons. The van der Waals surface area contributed by atoms with Crippen molar-refractivity contribution in [3.8, 4) is 11.5 Å². The van der Waals surface area contributed by atoms with Gasteiger partial charge in [-0.3, -0.25) is 0 Å². The molecule has 2 nitrogen and oxygen atoms in total. The van der Waals surface area contributed by atoms with Crippen LogP contribution in [-0.4, -0.2) is 6.04 Å². The number of ether oxygens (including phenoxy) is 1. The third kappa shape index (κ3) is 3.75. The van der Waals surface area contributed by atoms with Gasteiger partial charge in [-0.25, -0.2) is 0 Å². The molecule has 20 heavy (non-hydrogen) atoms. The van der Waals surface area contributed by atoms with E-state index >= 15 is 0 Å². The minimum absolute atomic E-state index is 0.186. The lowest BCUT2D eigenvalue weighted by Crippen LogP contribution is -2.21. The first-order valence-electron chi connectivity index (χ1n) is 6.87. The lowest BCUT2D eigenvalue weighted by Gasteiger charge is -2.13. The van der Waals surface area contributed by atoms with Gasteiger partial charge in [0.05, 0.1) is 5.02 Å². The Labute approximate surface area is 125 Å². The molecule has 0 fully saturated rings. The van der Waals surface area contributed by atoms with E-state index in [-0.39, 0.29) is 6.04 Å². The van der Waals surface area contributed by atoms with Crippen LogP contribution in [0.4, 0.5) is 0 Å². The van der Waals surface area contributed by atoms with Gasteiger partial charge in [-0.2, -0.15) is 0 Å².